The maximum absolute atomic E-state index is 13.9. The van der Waals surface area contributed by atoms with Gasteiger partial charge in [-0.25, -0.2) is 4.90 Å². The second-order valence-electron chi connectivity index (χ2n) is 9.52. The third-order valence-corrected chi connectivity index (χ3v) is 7.41. The number of hydrogen-bond acceptors (Lipinski definition) is 4. The summed E-state index contributed by atoms with van der Waals surface area (Å²) in [4.78, 5) is 33.1. The van der Waals surface area contributed by atoms with E-state index in [1.54, 1.807) is 25.6 Å². The highest BCUT2D eigenvalue weighted by Crippen LogP contribution is 2.43. The molecule has 1 aliphatic rings. The lowest BCUT2D eigenvalue weighted by Gasteiger charge is -2.28. The predicted octanol–water partition coefficient (Wildman–Crippen LogP) is 7.53. The Kier molecular flexibility index (Phi) is 5.23. The van der Waals surface area contributed by atoms with Crippen LogP contribution in [0.5, 0.6) is 5.75 Å². The summed E-state index contributed by atoms with van der Waals surface area (Å²) in [7, 11) is 1.61. The maximum Gasteiger partial charge on any atom is 0.265 e. The van der Waals surface area contributed by atoms with Gasteiger partial charge in [0.25, 0.3) is 11.8 Å². The molecule has 1 aliphatic heterocycles. The number of carbonyl (C=O) groups excluding carboxylic acids is 2. The summed E-state index contributed by atoms with van der Waals surface area (Å²) >= 11 is 0. The number of amides is 2. The number of aromatic nitrogens is 1. The summed E-state index contributed by atoms with van der Waals surface area (Å²) in [6, 6.07) is 33.0. The summed E-state index contributed by atoms with van der Waals surface area (Å²) in [5, 5.41) is 3.39. The fraction of sp³-hybridized carbons (Fsp3) is 0.0294. The molecule has 0 atom stereocenters. The van der Waals surface area contributed by atoms with Crippen LogP contribution in [0.25, 0.3) is 43.8 Å². The summed E-state index contributed by atoms with van der Waals surface area (Å²) in [5.74, 6) is -0.0789. The zero-order valence-corrected chi connectivity index (χ0v) is 21.1. The van der Waals surface area contributed by atoms with E-state index >= 15 is 0 Å². The largest absolute Gasteiger partial charge is 0.496 e. The van der Waals surface area contributed by atoms with Crippen molar-refractivity contribution in [1.82, 2.24) is 4.98 Å². The lowest BCUT2D eigenvalue weighted by atomic mass is 9.88. The molecular weight excluding hydrogens is 484 g/mol. The van der Waals surface area contributed by atoms with Gasteiger partial charge >= 0.3 is 0 Å². The van der Waals surface area contributed by atoms with Gasteiger partial charge in [0.05, 0.1) is 12.8 Å². The van der Waals surface area contributed by atoms with Gasteiger partial charge in [-0.2, -0.15) is 0 Å². The first-order valence-electron chi connectivity index (χ1n) is 12.7. The molecule has 39 heavy (non-hydrogen) atoms. The molecule has 0 radical (unpaired) electrons. The van der Waals surface area contributed by atoms with Crippen LogP contribution in [0.3, 0.4) is 0 Å². The Bertz CT molecular complexity index is 1910. The standard InChI is InChI=1S/C34H22N2O3/c1-39-30-15-14-29-31-28(33(37)36(34(29)38)26-11-10-21-4-2-3-5-25(21)20-26)13-12-27(32(30)31)24-8-6-22(7-9-24)23-16-18-35-19-17-23/h2-20H,1H3. The van der Waals surface area contributed by atoms with Crippen LogP contribution >= 0.6 is 0 Å². The Labute approximate surface area is 224 Å². The number of benzene rings is 5. The normalized spacial score (nSPS) is 12.8. The molecule has 5 nitrogen and oxygen atoms in total. The Morgan fingerprint density at radius 2 is 1.21 bits per heavy atom. The highest BCUT2D eigenvalue weighted by molar-refractivity contribution is 6.37. The van der Waals surface area contributed by atoms with Gasteiger partial charge in [0.15, 0.2) is 0 Å². The molecular formula is C34H22N2O3. The second-order valence-corrected chi connectivity index (χ2v) is 9.52. The zero-order chi connectivity index (χ0) is 26.5. The first kappa shape index (κ1) is 22.9. The summed E-state index contributed by atoms with van der Waals surface area (Å²) < 4.78 is 5.75. The average Bonchev–Trinajstić information content (AvgIpc) is 3.00. The lowest BCUT2D eigenvalue weighted by Crippen LogP contribution is -2.40. The number of carbonyl (C=O) groups is 2. The van der Waals surface area contributed by atoms with Crippen molar-refractivity contribution in [1.29, 1.82) is 0 Å². The molecule has 0 saturated heterocycles. The molecule has 0 saturated carbocycles. The Hall–Kier alpha value is -5.29. The molecule has 2 amide bonds. The number of nitrogens with zero attached hydrogens (tertiary/aromatic N) is 2. The van der Waals surface area contributed by atoms with Crippen molar-refractivity contribution >= 4 is 39.0 Å². The van der Waals surface area contributed by atoms with E-state index in [-0.39, 0.29) is 11.8 Å². The second kappa shape index (κ2) is 8.92. The summed E-state index contributed by atoms with van der Waals surface area (Å²) in [6.45, 7) is 0. The van der Waals surface area contributed by atoms with E-state index in [4.69, 9.17) is 4.74 Å². The highest BCUT2D eigenvalue weighted by atomic mass is 16.5. The molecule has 0 aliphatic carbocycles. The van der Waals surface area contributed by atoms with Crippen molar-refractivity contribution in [2.45, 2.75) is 0 Å². The third-order valence-electron chi connectivity index (χ3n) is 7.41. The van der Waals surface area contributed by atoms with Crippen LogP contribution < -0.4 is 9.64 Å². The van der Waals surface area contributed by atoms with Gasteiger partial charge in [0.1, 0.15) is 5.75 Å². The minimum atomic E-state index is -0.347. The summed E-state index contributed by atoms with van der Waals surface area (Å²) in [5.41, 5.74) is 5.52. The number of hydrogen-bond donors (Lipinski definition) is 0. The fourth-order valence-electron chi connectivity index (χ4n) is 5.50. The number of fused-ring (bicyclic) bond motifs is 1. The monoisotopic (exact) mass is 506 g/mol. The first-order valence-corrected chi connectivity index (χ1v) is 12.7. The number of imide groups is 1. The zero-order valence-electron chi connectivity index (χ0n) is 21.1. The first-order chi connectivity index (χ1) is 19.1. The van der Waals surface area contributed by atoms with E-state index in [1.165, 1.54) is 4.90 Å². The van der Waals surface area contributed by atoms with Crippen LogP contribution in [0.4, 0.5) is 5.69 Å². The topological polar surface area (TPSA) is 59.5 Å². The quantitative estimate of drug-likeness (QED) is 0.232. The van der Waals surface area contributed by atoms with E-state index in [1.807, 2.05) is 84.9 Å². The molecule has 5 aromatic carbocycles. The van der Waals surface area contributed by atoms with Gasteiger partial charge in [-0.1, -0.05) is 60.7 Å². The van der Waals surface area contributed by atoms with Gasteiger partial charge < -0.3 is 4.74 Å². The van der Waals surface area contributed by atoms with E-state index in [0.717, 1.165) is 38.4 Å². The van der Waals surface area contributed by atoms with E-state index < -0.39 is 0 Å². The van der Waals surface area contributed by atoms with Gasteiger partial charge in [-0.15, -0.1) is 0 Å². The fourth-order valence-corrected chi connectivity index (χ4v) is 5.50. The van der Waals surface area contributed by atoms with Gasteiger partial charge in [0.2, 0.25) is 0 Å². The molecule has 2 heterocycles. The summed E-state index contributed by atoms with van der Waals surface area (Å²) in [6.07, 6.45) is 3.55. The lowest BCUT2D eigenvalue weighted by molar-refractivity contribution is 0.0893. The van der Waals surface area contributed by atoms with Crippen molar-refractivity contribution in [3.63, 3.8) is 0 Å². The van der Waals surface area contributed by atoms with Crippen LogP contribution in [0, 0.1) is 0 Å². The molecule has 0 unspecified atom stereocenters. The van der Waals surface area contributed by atoms with Crippen LogP contribution in [-0.4, -0.2) is 23.9 Å². The molecule has 7 rings (SSSR count). The van der Waals surface area contributed by atoms with Gasteiger partial charge in [-0.05, 0) is 75.5 Å². The Morgan fingerprint density at radius 1 is 0.590 bits per heavy atom. The van der Waals surface area contributed by atoms with Gasteiger partial charge in [-0.3, -0.25) is 14.6 Å². The number of methoxy groups -OCH3 is 1. The van der Waals surface area contributed by atoms with Crippen LogP contribution in [0.15, 0.2) is 116 Å². The van der Waals surface area contributed by atoms with Crippen LogP contribution in [0.2, 0.25) is 0 Å². The number of ether oxygens (including phenoxy) is 1. The smallest absolute Gasteiger partial charge is 0.265 e. The van der Waals surface area contributed by atoms with Crippen molar-refractivity contribution in [2.24, 2.45) is 0 Å². The highest BCUT2D eigenvalue weighted by Gasteiger charge is 2.35. The van der Waals surface area contributed by atoms with E-state index in [9.17, 15) is 9.59 Å². The molecule has 1 aromatic heterocycles. The van der Waals surface area contributed by atoms with E-state index in [0.29, 0.717) is 28.0 Å². The van der Waals surface area contributed by atoms with Crippen LogP contribution in [-0.2, 0) is 0 Å². The predicted molar refractivity (Wildman–Crippen MR) is 154 cm³/mol. The van der Waals surface area contributed by atoms with Crippen molar-refractivity contribution in [3.8, 4) is 28.0 Å². The minimum absolute atomic E-state index is 0.347. The average molecular weight is 507 g/mol. The maximum atomic E-state index is 13.9. The molecule has 0 fully saturated rings. The minimum Gasteiger partial charge on any atom is -0.496 e. The van der Waals surface area contributed by atoms with Crippen LogP contribution in [0.1, 0.15) is 20.7 Å². The molecule has 5 heteroatoms. The molecule has 6 aromatic rings. The van der Waals surface area contributed by atoms with Crippen molar-refractivity contribution in [2.75, 3.05) is 12.0 Å². The van der Waals surface area contributed by atoms with Crippen molar-refractivity contribution < 1.29 is 14.3 Å². The third kappa shape index (κ3) is 3.59. The Morgan fingerprint density at radius 3 is 1.92 bits per heavy atom. The van der Waals surface area contributed by atoms with E-state index in [2.05, 4.69) is 17.1 Å². The Balaban J connectivity index is 1.38. The number of anilines is 1. The SMILES string of the molecule is COc1ccc2c3c(ccc(-c4ccc(-c5ccncc5)cc4)c13)C(=O)N(c1ccc3ccccc3c1)C2=O. The number of rotatable bonds is 4. The van der Waals surface area contributed by atoms with Gasteiger partial charge in [0, 0.05) is 34.3 Å². The molecule has 0 spiro atoms. The molecule has 0 bridgehead atoms. The van der Waals surface area contributed by atoms with Crippen molar-refractivity contribution in [3.05, 3.63) is 127 Å². The molecule has 186 valence electrons. The number of pyridine rings is 1. The molecule has 0 N–H and O–H groups in total.